The summed E-state index contributed by atoms with van der Waals surface area (Å²) >= 11 is 0. The van der Waals surface area contributed by atoms with Gasteiger partial charge in [-0.2, -0.15) is 0 Å². The Morgan fingerprint density at radius 3 is 2.30 bits per heavy atom. The molecule has 4 saturated carbocycles. The van der Waals surface area contributed by atoms with Gasteiger partial charge in [-0.05, 0) is 122 Å². The van der Waals surface area contributed by atoms with Crippen molar-refractivity contribution in [1.29, 1.82) is 0 Å². The molecule has 1 heteroatoms. The fourth-order valence-electron chi connectivity index (χ4n) is 9.82. The Morgan fingerprint density at radius 1 is 0.833 bits per heavy atom. The molecule has 0 saturated heterocycles. The average Bonchev–Trinajstić information content (AvgIpc) is 3.05. The van der Waals surface area contributed by atoms with Crippen LogP contribution in [0.5, 0.6) is 0 Å². The van der Waals surface area contributed by atoms with Gasteiger partial charge in [0.1, 0.15) is 0 Å². The molecule has 0 aliphatic heterocycles. The van der Waals surface area contributed by atoms with Crippen molar-refractivity contribution in [3.05, 3.63) is 0 Å². The molecule has 4 fully saturated rings. The Hall–Kier alpha value is -0.0400. The monoisotopic (exact) mass is 416 g/mol. The normalized spacial score (nSPS) is 46.9. The summed E-state index contributed by atoms with van der Waals surface area (Å²) in [5, 5.41) is 9.45. The SMILES string of the molecule is CC(C)CCC[C@@H](C)[C@H]1CC[C@H]2[C@@H]3CC[C@H]4C[C@@H](CCO)CC[C@]4(C)[C@H]3CC[C@]12C. The first-order chi connectivity index (χ1) is 14.3. The van der Waals surface area contributed by atoms with E-state index < -0.39 is 0 Å². The molecule has 0 aromatic heterocycles. The number of aliphatic hydroxyl groups is 1. The van der Waals surface area contributed by atoms with Crippen LogP contribution < -0.4 is 0 Å². The van der Waals surface area contributed by atoms with Crippen LogP contribution in [-0.4, -0.2) is 11.7 Å². The molecule has 0 heterocycles. The summed E-state index contributed by atoms with van der Waals surface area (Å²) in [6, 6.07) is 0. The molecule has 0 aromatic rings. The van der Waals surface area contributed by atoms with Crippen molar-refractivity contribution >= 4 is 0 Å². The molecule has 4 aliphatic carbocycles. The van der Waals surface area contributed by atoms with E-state index in [0.29, 0.717) is 17.4 Å². The van der Waals surface area contributed by atoms with Gasteiger partial charge in [-0.25, -0.2) is 0 Å². The van der Waals surface area contributed by atoms with Gasteiger partial charge >= 0.3 is 0 Å². The first-order valence-electron chi connectivity index (χ1n) is 13.9. The Bertz CT molecular complexity index is 569. The van der Waals surface area contributed by atoms with Crippen LogP contribution in [0.15, 0.2) is 0 Å². The molecule has 4 rings (SSSR count). The zero-order valence-corrected chi connectivity index (χ0v) is 21.0. The van der Waals surface area contributed by atoms with E-state index in [1.165, 1.54) is 77.0 Å². The quantitative estimate of drug-likeness (QED) is 0.444. The smallest absolute Gasteiger partial charge is 0.0433 e. The Morgan fingerprint density at radius 2 is 1.57 bits per heavy atom. The minimum Gasteiger partial charge on any atom is -0.396 e. The fraction of sp³-hybridized carbons (Fsp3) is 1.00. The van der Waals surface area contributed by atoms with Gasteiger partial charge in [0, 0.05) is 6.61 Å². The van der Waals surface area contributed by atoms with Crippen LogP contribution in [0.2, 0.25) is 0 Å². The predicted molar refractivity (Wildman–Crippen MR) is 128 cm³/mol. The summed E-state index contributed by atoms with van der Waals surface area (Å²) in [6.07, 6.45) is 18.7. The molecule has 0 aromatic carbocycles. The summed E-state index contributed by atoms with van der Waals surface area (Å²) in [5.74, 6) is 7.57. The summed E-state index contributed by atoms with van der Waals surface area (Å²) < 4.78 is 0. The van der Waals surface area contributed by atoms with Gasteiger partial charge in [0.15, 0.2) is 0 Å². The van der Waals surface area contributed by atoms with Gasteiger partial charge in [-0.15, -0.1) is 0 Å². The van der Waals surface area contributed by atoms with Crippen molar-refractivity contribution in [2.45, 2.75) is 118 Å². The topological polar surface area (TPSA) is 20.2 Å². The van der Waals surface area contributed by atoms with Gasteiger partial charge in [0.2, 0.25) is 0 Å². The molecule has 1 N–H and O–H groups in total. The highest BCUT2D eigenvalue weighted by Crippen LogP contribution is 2.68. The van der Waals surface area contributed by atoms with E-state index >= 15 is 0 Å². The Labute approximate surface area is 188 Å². The molecular formula is C29H52O. The summed E-state index contributed by atoms with van der Waals surface area (Å²) in [5.41, 5.74) is 1.24. The second-order valence-electron chi connectivity index (χ2n) is 13.3. The fourth-order valence-corrected chi connectivity index (χ4v) is 9.82. The zero-order valence-electron chi connectivity index (χ0n) is 21.0. The third-order valence-corrected chi connectivity index (χ3v) is 11.5. The molecule has 0 spiro atoms. The number of hydrogen-bond donors (Lipinski definition) is 1. The maximum atomic E-state index is 9.45. The lowest BCUT2D eigenvalue weighted by Crippen LogP contribution is -2.53. The van der Waals surface area contributed by atoms with E-state index in [-0.39, 0.29) is 0 Å². The van der Waals surface area contributed by atoms with Gasteiger partial charge in [0.25, 0.3) is 0 Å². The van der Waals surface area contributed by atoms with Crippen molar-refractivity contribution in [3.8, 4) is 0 Å². The van der Waals surface area contributed by atoms with E-state index in [1.54, 1.807) is 0 Å². The summed E-state index contributed by atoms with van der Waals surface area (Å²) in [4.78, 5) is 0. The Kier molecular flexibility index (Phi) is 6.99. The van der Waals surface area contributed by atoms with Crippen molar-refractivity contribution in [2.75, 3.05) is 6.61 Å². The van der Waals surface area contributed by atoms with Crippen LogP contribution in [0, 0.1) is 58.2 Å². The van der Waals surface area contributed by atoms with Crippen molar-refractivity contribution in [1.82, 2.24) is 0 Å². The molecule has 0 unspecified atom stereocenters. The minimum atomic E-state index is 0.400. The van der Waals surface area contributed by atoms with E-state index in [0.717, 1.165) is 53.8 Å². The Balaban J connectivity index is 1.43. The highest BCUT2D eigenvalue weighted by atomic mass is 16.3. The van der Waals surface area contributed by atoms with E-state index in [4.69, 9.17) is 0 Å². The highest BCUT2D eigenvalue weighted by molar-refractivity contribution is 5.09. The average molecular weight is 417 g/mol. The second kappa shape index (κ2) is 9.07. The number of hydrogen-bond acceptors (Lipinski definition) is 1. The van der Waals surface area contributed by atoms with E-state index in [1.807, 2.05) is 0 Å². The molecule has 0 radical (unpaired) electrons. The minimum absolute atomic E-state index is 0.400. The van der Waals surface area contributed by atoms with Gasteiger partial charge in [-0.3, -0.25) is 0 Å². The molecule has 30 heavy (non-hydrogen) atoms. The van der Waals surface area contributed by atoms with Gasteiger partial charge in [-0.1, -0.05) is 53.9 Å². The molecule has 4 aliphatic rings. The van der Waals surface area contributed by atoms with E-state index in [2.05, 4.69) is 34.6 Å². The second-order valence-corrected chi connectivity index (χ2v) is 13.3. The first-order valence-corrected chi connectivity index (χ1v) is 13.9. The molecule has 9 atom stereocenters. The van der Waals surface area contributed by atoms with Crippen LogP contribution >= 0.6 is 0 Å². The molecule has 1 nitrogen and oxygen atoms in total. The summed E-state index contributed by atoms with van der Waals surface area (Å²) in [6.45, 7) is 13.2. The van der Waals surface area contributed by atoms with Crippen LogP contribution in [-0.2, 0) is 0 Å². The maximum absolute atomic E-state index is 9.45. The van der Waals surface area contributed by atoms with Crippen LogP contribution in [0.1, 0.15) is 118 Å². The van der Waals surface area contributed by atoms with Crippen molar-refractivity contribution in [3.63, 3.8) is 0 Å². The van der Waals surface area contributed by atoms with Crippen molar-refractivity contribution in [2.24, 2.45) is 58.2 Å². The largest absolute Gasteiger partial charge is 0.396 e. The first kappa shape index (κ1) is 23.1. The molecule has 174 valence electrons. The zero-order chi connectivity index (χ0) is 21.5. The van der Waals surface area contributed by atoms with Gasteiger partial charge in [0.05, 0.1) is 0 Å². The molecular weight excluding hydrogens is 364 g/mol. The number of aliphatic hydroxyl groups excluding tert-OH is 1. The molecule has 0 bridgehead atoms. The lowest BCUT2D eigenvalue weighted by atomic mass is 9.44. The van der Waals surface area contributed by atoms with Crippen LogP contribution in [0.25, 0.3) is 0 Å². The predicted octanol–water partition coefficient (Wildman–Crippen LogP) is 8.11. The number of rotatable bonds is 7. The van der Waals surface area contributed by atoms with Crippen LogP contribution in [0.3, 0.4) is 0 Å². The highest BCUT2D eigenvalue weighted by Gasteiger charge is 2.60. The van der Waals surface area contributed by atoms with Crippen LogP contribution in [0.4, 0.5) is 0 Å². The lowest BCUT2D eigenvalue weighted by Gasteiger charge is -2.61. The van der Waals surface area contributed by atoms with E-state index in [9.17, 15) is 5.11 Å². The third-order valence-electron chi connectivity index (χ3n) is 11.5. The number of fused-ring (bicyclic) bond motifs is 5. The van der Waals surface area contributed by atoms with Crippen molar-refractivity contribution < 1.29 is 5.11 Å². The summed E-state index contributed by atoms with van der Waals surface area (Å²) in [7, 11) is 0. The van der Waals surface area contributed by atoms with Gasteiger partial charge < -0.3 is 5.11 Å². The lowest BCUT2D eigenvalue weighted by molar-refractivity contribution is -0.122. The molecule has 0 amide bonds. The third kappa shape index (κ3) is 4.04. The standard InChI is InChI=1S/C29H52O/c1-20(2)7-6-8-21(3)25-11-12-26-24-10-9-23-19-22(15-18-30)13-16-28(23,4)27(24)14-17-29(25,26)5/h20-27,30H,6-19H2,1-5H3/t21-,22-,23+,24+,25-,26+,27+,28+,29-/m1/s1. The maximum Gasteiger partial charge on any atom is 0.0433 e.